The van der Waals surface area contributed by atoms with Crippen LogP contribution in [0.25, 0.3) is 10.8 Å². The number of hydrogen-bond donors (Lipinski definition) is 2. The number of H-pyrrole nitrogens is 1. The standard InChI is InChI=1S/C11H12N2O/c1-7-4-9-5-8(6-12)2-3-10(9)11(14)13-7/h2-5H,6,12H2,1H3,(H,13,14). The second-order valence-corrected chi connectivity index (χ2v) is 3.41. The number of nitrogens with two attached hydrogens (primary N) is 1. The SMILES string of the molecule is Cc1cc2cc(CN)ccc2c(=O)[nH]1. The summed E-state index contributed by atoms with van der Waals surface area (Å²) in [6.07, 6.45) is 0. The van der Waals surface area contributed by atoms with Crippen LogP contribution in [0.3, 0.4) is 0 Å². The lowest BCUT2D eigenvalue weighted by molar-refractivity contribution is 1.07. The Morgan fingerprint density at radius 1 is 1.36 bits per heavy atom. The van der Waals surface area contributed by atoms with Gasteiger partial charge in [0, 0.05) is 17.6 Å². The maximum atomic E-state index is 11.5. The van der Waals surface area contributed by atoms with E-state index in [1.807, 2.05) is 31.2 Å². The highest BCUT2D eigenvalue weighted by molar-refractivity contribution is 5.82. The highest BCUT2D eigenvalue weighted by Gasteiger charge is 1.99. The third-order valence-electron chi connectivity index (χ3n) is 2.28. The number of aromatic amines is 1. The molecule has 0 fully saturated rings. The van der Waals surface area contributed by atoms with E-state index in [1.54, 1.807) is 0 Å². The Morgan fingerprint density at radius 3 is 2.86 bits per heavy atom. The zero-order valence-electron chi connectivity index (χ0n) is 8.00. The van der Waals surface area contributed by atoms with Crippen molar-refractivity contribution in [1.82, 2.24) is 4.98 Å². The van der Waals surface area contributed by atoms with Crippen molar-refractivity contribution in [2.24, 2.45) is 5.73 Å². The Morgan fingerprint density at radius 2 is 2.14 bits per heavy atom. The van der Waals surface area contributed by atoms with Gasteiger partial charge in [-0.25, -0.2) is 0 Å². The number of fused-ring (bicyclic) bond motifs is 1. The van der Waals surface area contributed by atoms with Crippen molar-refractivity contribution < 1.29 is 0 Å². The van der Waals surface area contributed by atoms with E-state index in [-0.39, 0.29) is 5.56 Å². The average Bonchev–Trinajstić information content (AvgIpc) is 2.16. The lowest BCUT2D eigenvalue weighted by Crippen LogP contribution is -2.07. The molecule has 0 radical (unpaired) electrons. The minimum atomic E-state index is -0.0384. The molecular formula is C11H12N2O. The zero-order chi connectivity index (χ0) is 10.1. The van der Waals surface area contributed by atoms with Crippen molar-refractivity contribution in [2.75, 3.05) is 0 Å². The largest absolute Gasteiger partial charge is 0.326 e. The molecule has 0 unspecified atom stereocenters. The molecule has 14 heavy (non-hydrogen) atoms. The van der Waals surface area contributed by atoms with Crippen molar-refractivity contribution in [3.63, 3.8) is 0 Å². The van der Waals surface area contributed by atoms with Gasteiger partial charge >= 0.3 is 0 Å². The lowest BCUT2D eigenvalue weighted by atomic mass is 10.1. The first-order chi connectivity index (χ1) is 6.70. The maximum absolute atomic E-state index is 11.5. The monoisotopic (exact) mass is 188 g/mol. The quantitative estimate of drug-likeness (QED) is 0.708. The van der Waals surface area contributed by atoms with E-state index in [0.29, 0.717) is 11.9 Å². The van der Waals surface area contributed by atoms with Crippen molar-refractivity contribution >= 4 is 10.8 Å². The summed E-state index contributed by atoms with van der Waals surface area (Å²) in [6, 6.07) is 7.61. The maximum Gasteiger partial charge on any atom is 0.256 e. The smallest absolute Gasteiger partial charge is 0.256 e. The molecule has 3 nitrogen and oxygen atoms in total. The molecule has 0 spiro atoms. The van der Waals surface area contributed by atoms with Gasteiger partial charge in [-0.15, -0.1) is 0 Å². The van der Waals surface area contributed by atoms with E-state index in [1.165, 1.54) is 0 Å². The van der Waals surface area contributed by atoms with Crippen LogP contribution in [0.4, 0.5) is 0 Å². The molecule has 3 heteroatoms. The summed E-state index contributed by atoms with van der Waals surface area (Å²) in [7, 11) is 0. The number of benzene rings is 1. The lowest BCUT2D eigenvalue weighted by Gasteiger charge is -2.01. The van der Waals surface area contributed by atoms with Crippen molar-refractivity contribution in [2.45, 2.75) is 13.5 Å². The summed E-state index contributed by atoms with van der Waals surface area (Å²) >= 11 is 0. The molecule has 0 aliphatic rings. The number of nitrogens with one attached hydrogen (secondary N) is 1. The molecular weight excluding hydrogens is 176 g/mol. The molecule has 1 aromatic carbocycles. The summed E-state index contributed by atoms with van der Waals surface area (Å²) in [6.45, 7) is 2.37. The Balaban J connectivity index is 2.82. The van der Waals surface area contributed by atoms with E-state index in [0.717, 1.165) is 16.6 Å². The second kappa shape index (κ2) is 3.27. The summed E-state index contributed by atoms with van der Waals surface area (Å²) in [5.74, 6) is 0. The van der Waals surface area contributed by atoms with Crippen molar-refractivity contribution in [3.8, 4) is 0 Å². The normalized spacial score (nSPS) is 10.7. The fourth-order valence-electron chi connectivity index (χ4n) is 1.58. The summed E-state index contributed by atoms with van der Waals surface area (Å²) in [4.78, 5) is 14.3. The van der Waals surface area contributed by atoms with Gasteiger partial charge in [0.25, 0.3) is 5.56 Å². The van der Waals surface area contributed by atoms with Crippen LogP contribution >= 0.6 is 0 Å². The van der Waals surface area contributed by atoms with Crippen LogP contribution < -0.4 is 11.3 Å². The van der Waals surface area contributed by atoms with E-state index < -0.39 is 0 Å². The summed E-state index contributed by atoms with van der Waals surface area (Å²) < 4.78 is 0. The molecule has 0 aliphatic carbocycles. The number of hydrogen-bond acceptors (Lipinski definition) is 2. The topological polar surface area (TPSA) is 58.9 Å². The molecule has 1 heterocycles. The second-order valence-electron chi connectivity index (χ2n) is 3.41. The number of pyridine rings is 1. The first-order valence-electron chi connectivity index (χ1n) is 4.53. The van der Waals surface area contributed by atoms with Crippen molar-refractivity contribution in [1.29, 1.82) is 0 Å². The Bertz CT molecular complexity index is 528. The number of rotatable bonds is 1. The summed E-state index contributed by atoms with van der Waals surface area (Å²) in [5.41, 5.74) is 7.41. The third-order valence-corrected chi connectivity index (χ3v) is 2.28. The average molecular weight is 188 g/mol. The molecule has 0 saturated heterocycles. The molecule has 3 N–H and O–H groups in total. The Hall–Kier alpha value is -1.61. The van der Waals surface area contributed by atoms with Crippen LogP contribution in [-0.4, -0.2) is 4.98 Å². The molecule has 2 aromatic rings. The van der Waals surface area contributed by atoms with Gasteiger partial charge in [-0.3, -0.25) is 4.79 Å². The Labute approximate surface area is 81.6 Å². The minimum absolute atomic E-state index is 0.0384. The van der Waals surface area contributed by atoms with Crippen LogP contribution in [-0.2, 0) is 6.54 Å². The van der Waals surface area contributed by atoms with Crippen molar-refractivity contribution in [3.05, 3.63) is 45.9 Å². The molecule has 2 rings (SSSR count). The van der Waals surface area contributed by atoms with Gasteiger partial charge in [0.2, 0.25) is 0 Å². The molecule has 0 amide bonds. The first kappa shape index (κ1) is 8.97. The van der Waals surface area contributed by atoms with E-state index in [2.05, 4.69) is 4.98 Å². The predicted octanol–water partition coefficient (Wildman–Crippen LogP) is 1.30. The van der Waals surface area contributed by atoms with Gasteiger partial charge in [-0.05, 0) is 36.1 Å². The van der Waals surface area contributed by atoms with E-state index in [4.69, 9.17) is 5.73 Å². The molecule has 0 atom stereocenters. The summed E-state index contributed by atoms with van der Waals surface area (Å²) in [5, 5.41) is 1.67. The van der Waals surface area contributed by atoms with Crippen LogP contribution in [0.2, 0.25) is 0 Å². The van der Waals surface area contributed by atoms with E-state index in [9.17, 15) is 4.79 Å². The molecule has 72 valence electrons. The van der Waals surface area contributed by atoms with Gasteiger partial charge < -0.3 is 10.7 Å². The Kier molecular flexibility index (Phi) is 2.09. The van der Waals surface area contributed by atoms with Gasteiger partial charge in [0.1, 0.15) is 0 Å². The van der Waals surface area contributed by atoms with Crippen LogP contribution in [0.1, 0.15) is 11.3 Å². The number of aryl methyl sites for hydroxylation is 1. The van der Waals surface area contributed by atoms with Gasteiger partial charge in [-0.1, -0.05) is 6.07 Å². The highest BCUT2D eigenvalue weighted by Crippen LogP contribution is 2.12. The first-order valence-corrected chi connectivity index (χ1v) is 4.53. The van der Waals surface area contributed by atoms with Crippen LogP contribution in [0.5, 0.6) is 0 Å². The van der Waals surface area contributed by atoms with Crippen LogP contribution in [0.15, 0.2) is 29.1 Å². The van der Waals surface area contributed by atoms with Gasteiger partial charge in [0.05, 0.1) is 0 Å². The van der Waals surface area contributed by atoms with Gasteiger partial charge in [0.15, 0.2) is 0 Å². The molecule has 0 saturated carbocycles. The predicted molar refractivity (Wildman–Crippen MR) is 57.2 cm³/mol. The van der Waals surface area contributed by atoms with E-state index >= 15 is 0 Å². The fraction of sp³-hybridized carbons (Fsp3) is 0.182. The zero-order valence-corrected chi connectivity index (χ0v) is 8.00. The number of aromatic nitrogens is 1. The van der Waals surface area contributed by atoms with Crippen LogP contribution in [0, 0.1) is 6.92 Å². The van der Waals surface area contributed by atoms with Gasteiger partial charge in [-0.2, -0.15) is 0 Å². The third kappa shape index (κ3) is 1.42. The molecule has 0 aliphatic heterocycles. The molecule has 0 bridgehead atoms. The highest BCUT2D eigenvalue weighted by atomic mass is 16.1. The fourth-order valence-corrected chi connectivity index (χ4v) is 1.58. The molecule has 1 aromatic heterocycles. The minimum Gasteiger partial charge on any atom is -0.326 e.